The number of amides is 5. The molecule has 0 bridgehead atoms. The third-order valence-corrected chi connectivity index (χ3v) is 9.11. The number of fused-ring (bicyclic) bond motifs is 2. The lowest BCUT2D eigenvalue weighted by Gasteiger charge is -2.42. The molecule has 13 heteroatoms. The van der Waals surface area contributed by atoms with E-state index in [-0.39, 0.29) is 43.0 Å². The molecule has 0 saturated carbocycles. The topological polar surface area (TPSA) is 158 Å². The van der Waals surface area contributed by atoms with Gasteiger partial charge in [-0.1, -0.05) is 36.1 Å². The van der Waals surface area contributed by atoms with Crippen LogP contribution in [-0.2, 0) is 19.9 Å². The molecular formula is C36H28FN7O5. The minimum absolute atomic E-state index is 0.0217. The maximum absolute atomic E-state index is 15.6. The molecule has 12 nitrogen and oxygen atoms in total. The van der Waals surface area contributed by atoms with E-state index in [2.05, 4.69) is 33.6 Å². The first-order valence-electron chi connectivity index (χ1n) is 15.5. The summed E-state index contributed by atoms with van der Waals surface area (Å²) in [5, 5.41) is 20.3. The van der Waals surface area contributed by atoms with Crippen LogP contribution < -0.4 is 15.5 Å². The third kappa shape index (κ3) is 5.35. The number of benzene rings is 3. The van der Waals surface area contributed by atoms with Crippen molar-refractivity contribution in [3.8, 4) is 17.9 Å². The Kier molecular flexibility index (Phi) is 7.29. The normalized spacial score (nSPS) is 18.3. The van der Waals surface area contributed by atoms with Crippen LogP contribution in [0.2, 0.25) is 0 Å². The summed E-state index contributed by atoms with van der Waals surface area (Å²) in [6, 6.07) is 16.3. The summed E-state index contributed by atoms with van der Waals surface area (Å²) in [4.78, 5) is 66.0. The van der Waals surface area contributed by atoms with Gasteiger partial charge < -0.3 is 10.2 Å². The van der Waals surface area contributed by atoms with Gasteiger partial charge in [-0.3, -0.25) is 38.9 Å². The summed E-state index contributed by atoms with van der Waals surface area (Å²) in [6.45, 7) is 3.21. The van der Waals surface area contributed by atoms with Gasteiger partial charge in [-0.05, 0) is 50.6 Å². The molecule has 49 heavy (non-hydrogen) atoms. The Labute approximate surface area is 279 Å². The number of carbonyl (C=O) groups excluding carboxylic acids is 5. The fourth-order valence-electron chi connectivity index (χ4n) is 6.24. The fourth-order valence-corrected chi connectivity index (χ4v) is 6.24. The van der Waals surface area contributed by atoms with E-state index in [1.54, 1.807) is 43.1 Å². The number of alkyl halides is 1. The number of nitrogens with one attached hydrogen (secondary N) is 2. The van der Waals surface area contributed by atoms with Gasteiger partial charge in [0.15, 0.2) is 0 Å². The average Bonchev–Trinajstić information content (AvgIpc) is 3.65. The number of halogens is 1. The van der Waals surface area contributed by atoms with Gasteiger partial charge in [0.25, 0.3) is 17.7 Å². The maximum Gasteiger partial charge on any atom is 0.262 e. The van der Waals surface area contributed by atoms with E-state index in [1.807, 2.05) is 24.3 Å². The van der Waals surface area contributed by atoms with Crippen molar-refractivity contribution in [2.75, 3.05) is 23.3 Å². The second-order valence-corrected chi connectivity index (χ2v) is 12.8. The molecule has 2 fully saturated rings. The molecule has 4 heterocycles. The summed E-state index contributed by atoms with van der Waals surface area (Å²) in [5.74, 6) is 2.74. The van der Waals surface area contributed by atoms with Crippen LogP contribution in [0.15, 0.2) is 67.0 Å². The number of nitrogens with zero attached hydrogens (tertiary/aromatic N) is 5. The maximum atomic E-state index is 15.6. The molecule has 1 unspecified atom stereocenters. The predicted octanol–water partition coefficient (Wildman–Crippen LogP) is 3.26. The van der Waals surface area contributed by atoms with Crippen LogP contribution in [0.5, 0.6) is 0 Å². The number of nitriles is 1. The number of hydrogen-bond donors (Lipinski definition) is 2. The van der Waals surface area contributed by atoms with Gasteiger partial charge in [0, 0.05) is 34.8 Å². The summed E-state index contributed by atoms with van der Waals surface area (Å²) < 4.78 is 17.0. The Morgan fingerprint density at radius 2 is 1.78 bits per heavy atom. The van der Waals surface area contributed by atoms with Crippen LogP contribution in [0.4, 0.5) is 15.8 Å². The zero-order chi connectivity index (χ0) is 34.7. The first kappa shape index (κ1) is 31.3. The van der Waals surface area contributed by atoms with Gasteiger partial charge in [-0.15, -0.1) is 0 Å². The molecule has 0 aliphatic carbocycles. The Bertz CT molecular complexity index is 2230. The number of imide groups is 2. The van der Waals surface area contributed by atoms with Crippen LogP contribution in [0.1, 0.15) is 58.5 Å². The number of aromatic nitrogens is 2. The van der Waals surface area contributed by atoms with Gasteiger partial charge in [-0.25, -0.2) is 4.39 Å². The Balaban J connectivity index is 1.01. The van der Waals surface area contributed by atoms with E-state index in [0.717, 1.165) is 15.7 Å². The van der Waals surface area contributed by atoms with E-state index < -0.39 is 40.9 Å². The minimum Gasteiger partial charge on any atom is -0.363 e. The van der Waals surface area contributed by atoms with Crippen molar-refractivity contribution >= 4 is 51.7 Å². The number of carbonyl (C=O) groups is 5. The second kappa shape index (κ2) is 11.4. The highest BCUT2D eigenvalue weighted by Gasteiger charge is 2.46. The van der Waals surface area contributed by atoms with Crippen molar-refractivity contribution in [2.45, 2.75) is 43.9 Å². The summed E-state index contributed by atoms with van der Waals surface area (Å²) in [5.41, 5.74) is -0.754. The zero-order valence-corrected chi connectivity index (χ0v) is 26.4. The minimum atomic E-state index is -1.86. The Morgan fingerprint density at radius 1 is 1.04 bits per heavy atom. The van der Waals surface area contributed by atoms with Crippen molar-refractivity contribution in [1.29, 1.82) is 5.26 Å². The molecule has 4 aromatic rings. The van der Waals surface area contributed by atoms with Gasteiger partial charge in [-0.2, -0.15) is 10.4 Å². The number of hydrogen-bond acceptors (Lipinski definition) is 8. The van der Waals surface area contributed by atoms with Gasteiger partial charge in [0.2, 0.25) is 17.5 Å². The van der Waals surface area contributed by atoms with E-state index in [4.69, 9.17) is 0 Å². The lowest BCUT2D eigenvalue weighted by molar-refractivity contribution is -0.136. The monoisotopic (exact) mass is 657 g/mol. The van der Waals surface area contributed by atoms with E-state index in [9.17, 15) is 29.2 Å². The Morgan fingerprint density at radius 3 is 2.51 bits per heavy atom. The van der Waals surface area contributed by atoms with E-state index in [1.165, 1.54) is 23.0 Å². The number of anilines is 2. The van der Waals surface area contributed by atoms with Crippen LogP contribution >= 0.6 is 0 Å². The standard InChI is InChI=1S/C36H28FN7O5/c1-35(2,34(49)40-28-10-7-22(16-38)24-5-3-4-6-25(24)28)43-18-21(17-39-43)13-14-36(37)19-42(20-36)23-8-9-26-27(15-23)33(48)44(32(26)47)29-11-12-30(45)41-31(29)46/h3-10,15,17-18,29H,11-12,19-20H2,1-2H3,(H,40,49)(H,41,45,46). The van der Waals surface area contributed by atoms with Crippen molar-refractivity contribution in [3.05, 3.63) is 89.2 Å². The Hall–Kier alpha value is -6.34. The summed E-state index contributed by atoms with van der Waals surface area (Å²) in [6.07, 6.45) is 3.10. The third-order valence-electron chi connectivity index (χ3n) is 9.11. The molecule has 3 aromatic carbocycles. The lowest BCUT2D eigenvalue weighted by Crippen LogP contribution is -2.58. The molecule has 244 valence electrons. The van der Waals surface area contributed by atoms with E-state index >= 15 is 4.39 Å². The molecule has 1 aromatic heterocycles. The van der Waals surface area contributed by atoms with Gasteiger partial charge in [0.05, 0.1) is 47.6 Å². The zero-order valence-electron chi connectivity index (χ0n) is 26.4. The van der Waals surface area contributed by atoms with Crippen LogP contribution in [-0.4, -0.2) is 69.0 Å². The molecule has 3 aliphatic heterocycles. The molecule has 7 rings (SSSR count). The molecule has 2 saturated heterocycles. The second-order valence-electron chi connectivity index (χ2n) is 12.8. The fraction of sp³-hybridized carbons (Fsp3) is 0.250. The highest BCUT2D eigenvalue weighted by Crippen LogP contribution is 2.35. The predicted molar refractivity (Wildman–Crippen MR) is 175 cm³/mol. The van der Waals surface area contributed by atoms with Crippen LogP contribution in [0.25, 0.3) is 10.8 Å². The van der Waals surface area contributed by atoms with Crippen LogP contribution in [0.3, 0.4) is 0 Å². The molecule has 0 radical (unpaired) electrons. The summed E-state index contributed by atoms with van der Waals surface area (Å²) >= 11 is 0. The van der Waals surface area contributed by atoms with Crippen LogP contribution in [0, 0.1) is 23.2 Å². The van der Waals surface area contributed by atoms with Crippen molar-refractivity contribution < 1.29 is 28.4 Å². The van der Waals surface area contributed by atoms with Crippen molar-refractivity contribution in [2.24, 2.45) is 0 Å². The smallest absolute Gasteiger partial charge is 0.262 e. The highest BCUT2D eigenvalue weighted by molar-refractivity contribution is 6.23. The number of rotatable bonds is 5. The average molecular weight is 658 g/mol. The lowest BCUT2D eigenvalue weighted by atomic mass is 9.95. The SMILES string of the molecule is CC(C)(C(=O)Nc1ccc(C#N)c2ccccc12)n1cc(C#CC2(F)CN(c3ccc4c(c3)C(=O)N(C3CCC(=O)NC3=O)C4=O)C2)cn1. The molecule has 3 aliphatic rings. The van der Waals surface area contributed by atoms with E-state index in [0.29, 0.717) is 22.5 Å². The quantitative estimate of drug-likeness (QED) is 0.245. The molecule has 0 spiro atoms. The molecule has 2 N–H and O–H groups in total. The van der Waals surface area contributed by atoms with Crippen molar-refractivity contribution in [3.63, 3.8) is 0 Å². The molecular weight excluding hydrogens is 629 g/mol. The van der Waals surface area contributed by atoms with Gasteiger partial charge >= 0.3 is 0 Å². The molecule has 5 amide bonds. The molecule has 1 atom stereocenters. The van der Waals surface area contributed by atoms with Crippen molar-refractivity contribution in [1.82, 2.24) is 20.0 Å². The highest BCUT2D eigenvalue weighted by atomic mass is 19.1. The first-order valence-corrected chi connectivity index (χ1v) is 15.5. The summed E-state index contributed by atoms with van der Waals surface area (Å²) in [7, 11) is 0. The largest absolute Gasteiger partial charge is 0.363 e. The number of piperidine rings is 1. The van der Waals surface area contributed by atoms with Gasteiger partial charge in [0.1, 0.15) is 11.6 Å². The first-order chi connectivity index (χ1) is 23.4.